The SMILES string of the molecule is CCOC(=O)CC(=O)c1ccc(C)nc1SCC. The highest BCUT2D eigenvalue weighted by Gasteiger charge is 2.17. The van der Waals surface area contributed by atoms with E-state index in [2.05, 4.69) is 4.98 Å². The molecule has 5 heteroatoms. The number of rotatable bonds is 6. The van der Waals surface area contributed by atoms with E-state index in [1.54, 1.807) is 19.1 Å². The van der Waals surface area contributed by atoms with E-state index in [0.29, 0.717) is 10.6 Å². The van der Waals surface area contributed by atoms with Crippen molar-refractivity contribution < 1.29 is 14.3 Å². The molecule has 1 rings (SSSR count). The Bertz CT molecular complexity index is 446. The third kappa shape index (κ3) is 4.14. The molecule has 18 heavy (non-hydrogen) atoms. The second-order valence-corrected chi connectivity index (χ2v) is 4.90. The second-order valence-electron chi connectivity index (χ2n) is 3.64. The van der Waals surface area contributed by atoms with E-state index in [-0.39, 0.29) is 18.8 Å². The molecule has 0 saturated heterocycles. The zero-order chi connectivity index (χ0) is 13.5. The number of aryl methyl sites for hydroxylation is 1. The summed E-state index contributed by atoms with van der Waals surface area (Å²) < 4.78 is 4.77. The molecule has 98 valence electrons. The molecule has 0 spiro atoms. The van der Waals surface area contributed by atoms with Crippen molar-refractivity contribution in [2.45, 2.75) is 32.2 Å². The lowest BCUT2D eigenvalue weighted by Gasteiger charge is -2.07. The molecule has 0 fully saturated rings. The zero-order valence-corrected chi connectivity index (χ0v) is 11.7. The Labute approximate surface area is 111 Å². The van der Waals surface area contributed by atoms with Crippen LogP contribution in [0.25, 0.3) is 0 Å². The molecule has 0 radical (unpaired) electrons. The van der Waals surface area contributed by atoms with Crippen LogP contribution in [-0.4, -0.2) is 29.1 Å². The van der Waals surface area contributed by atoms with Crippen molar-refractivity contribution in [2.75, 3.05) is 12.4 Å². The summed E-state index contributed by atoms with van der Waals surface area (Å²) in [5.74, 6) is 0.100. The number of aromatic nitrogens is 1. The predicted octanol–water partition coefficient (Wildman–Crippen LogP) is 2.64. The summed E-state index contributed by atoms with van der Waals surface area (Å²) in [6.45, 7) is 5.87. The topological polar surface area (TPSA) is 56.3 Å². The Kier molecular flexibility index (Phi) is 5.85. The van der Waals surface area contributed by atoms with Crippen molar-refractivity contribution >= 4 is 23.5 Å². The standard InChI is InChI=1S/C13H17NO3S/c1-4-17-12(16)8-11(15)10-7-6-9(3)14-13(10)18-5-2/h6-7H,4-5,8H2,1-3H3. The van der Waals surface area contributed by atoms with Crippen LogP contribution in [0, 0.1) is 6.92 Å². The molecule has 0 aromatic carbocycles. The second kappa shape index (κ2) is 7.16. The van der Waals surface area contributed by atoms with Gasteiger partial charge in [0.15, 0.2) is 5.78 Å². The number of thioether (sulfide) groups is 1. The molecule has 1 aromatic rings. The van der Waals surface area contributed by atoms with E-state index >= 15 is 0 Å². The normalized spacial score (nSPS) is 10.2. The van der Waals surface area contributed by atoms with Crippen LogP contribution < -0.4 is 0 Å². The van der Waals surface area contributed by atoms with Crippen LogP contribution in [0.15, 0.2) is 17.2 Å². The first-order valence-electron chi connectivity index (χ1n) is 5.87. The molecule has 1 aromatic heterocycles. The van der Waals surface area contributed by atoms with Crippen molar-refractivity contribution in [3.63, 3.8) is 0 Å². The smallest absolute Gasteiger partial charge is 0.313 e. The minimum Gasteiger partial charge on any atom is -0.466 e. The van der Waals surface area contributed by atoms with Gasteiger partial charge in [-0.25, -0.2) is 4.98 Å². The summed E-state index contributed by atoms with van der Waals surface area (Å²) in [7, 11) is 0. The van der Waals surface area contributed by atoms with Crippen molar-refractivity contribution in [3.8, 4) is 0 Å². The van der Waals surface area contributed by atoms with E-state index in [4.69, 9.17) is 4.74 Å². The minimum absolute atomic E-state index is 0.226. The van der Waals surface area contributed by atoms with Crippen molar-refractivity contribution in [1.82, 2.24) is 4.98 Å². The fourth-order valence-corrected chi connectivity index (χ4v) is 2.25. The Morgan fingerprint density at radius 1 is 1.33 bits per heavy atom. The molecular formula is C13H17NO3S. The van der Waals surface area contributed by atoms with Crippen LogP contribution in [-0.2, 0) is 9.53 Å². The number of hydrogen-bond donors (Lipinski definition) is 0. The highest BCUT2D eigenvalue weighted by atomic mass is 32.2. The van der Waals surface area contributed by atoms with Crippen LogP contribution >= 0.6 is 11.8 Å². The fraction of sp³-hybridized carbons (Fsp3) is 0.462. The highest BCUT2D eigenvalue weighted by molar-refractivity contribution is 7.99. The summed E-state index contributed by atoms with van der Waals surface area (Å²) in [5.41, 5.74) is 1.36. The molecule has 0 unspecified atom stereocenters. The van der Waals surface area contributed by atoms with E-state index in [9.17, 15) is 9.59 Å². The van der Waals surface area contributed by atoms with Crippen LogP contribution in [0.5, 0.6) is 0 Å². The number of pyridine rings is 1. The lowest BCUT2D eigenvalue weighted by molar-refractivity contribution is -0.141. The Balaban J connectivity index is 2.87. The van der Waals surface area contributed by atoms with Crippen molar-refractivity contribution in [1.29, 1.82) is 0 Å². The van der Waals surface area contributed by atoms with Crippen molar-refractivity contribution in [3.05, 3.63) is 23.4 Å². The van der Waals surface area contributed by atoms with E-state index in [1.807, 2.05) is 13.8 Å². The van der Waals surface area contributed by atoms with Crippen LogP contribution in [0.4, 0.5) is 0 Å². The van der Waals surface area contributed by atoms with Gasteiger partial charge in [0, 0.05) is 5.69 Å². The summed E-state index contributed by atoms with van der Waals surface area (Å²) in [5, 5.41) is 0.687. The molecule has 0 bridgehead atoms. The maximum atomic E-state index is 12.0. The largest absolute Gasteiger partial charge is 0.466 e. The maximum Gasteiger partial charge on any atom is 0.313 e. The molecule has 1 heterocycles. The zero-order valence-electron chi connectivity index (χ0n) is 10.9. The van der Waals surface area contributed by atoms with Gasteiger partial charge in [0.2, 0.25) is 0 Å². The van der Waals surface area contributed by atoms with Gasteiger partial charge >= 0.3 is 5.97 Å². The van der Waals surface area contributed by atoms with Gasteiger partial charge in [0.05, 0.1) is 12.2 Å². The molecule has 0 amide bonds. The first-order chi connectivity index (χ1) is 8.58. The molecule has 0 saturated carbocycles. The minimum atomic E-state index is -0.490. The number of esters is 1. The van der Waals surface area contributed by atoms with Gasteiger partial charge < -0.3 is 4.74 Å². The maximum absolute atomic E-state index is 12.0. The number of ether oxygens (including phenoxy) is 1. The average Bonchev–Trinajstić information content (AvgIpc) is 2.29. The van der Waals surface area contributed by atoms with E-state index in [1.165, 1.54) is 11.8 Å². The molecular weight excluding hydrogens is 250 g/mol. The lowest BCUT2D eigenvalue weighted by atomic mass is 10.1. The van der Waals surface area contributed by atoms with Crippen LogP contribution in [0.2, 0.25) is 0 Å². The Morgan fingerprint density at radius 2 is 2.06 bits per heavy atom. The van der Waals surface area contributed by atoms with Gasteiger partial charge in [-0.2, -0.15) is 0 Å². The van der Waals surface area contributed by atoms with Crippen molar-refractivity contribution in [2.24, 2.45) is 0 Å². The molecule has 0 aliphatic heterocycles. The van der Waals surface area contributed by atoms with Gasteiger partial charge in [0.1, 0.15) is 11.4 Å². The number of carbonyl (C=O) groups is 2. The first-order valence-corrected chi connectivity index (χ1v) is 6.86. The van der Waals surface area contributed by atoms with Gasteiger partial charge in [0.25, 0.3) is 0 Å². The first kappa shape index (κ1) is 14.7. The number of hydrogen-bond acceptors (Lipinski definition) is 5. The number of carbonyl (C=O) groups excluding carboxylic acids is 2. The highest BCUT2D eigenvalue weighted by Crippen LogP contribution is 2.22. The number of Topliss-reactive ketones (excluding diaryl/α,β-unsaturated/α-hetero) is 1. The predicted molar refractivity (Wildman–Crippen MR) is 71.0 cm³/mol. The third-order valence-corrected chi connectivity index (χ3v) is 3.06. The van der Waals surface area contributed by atoms with E-state index in [0.717, 1.165) is 11.4 Å². The van der Waals surface area contributed by atoms with Gasteiger partial charge in [-0.3, -0.25) is 9.59 Å². The van der Waals surface area contributed by atoms with Gasteiger partial charge in [-0.05, 0) is 31.7 Å². The molecule has 0 aliphatic carbocycles. The van der Waals surface area contributed by atoms with Crippen LogP contribution in [0.3, 0.4) is 0 Å². The molecule has 4 nitrogen and oxygen atoms in total. The summed E-state index contributed by atoms with van der Waals surface area (Å²) >= 11 is 1.50. The molecule has 0 atom stereocenters. The molecule has 0 N–H and O–H groups in total. The van der Waals surface area contributed by atoms with Gasteiger partial charge in [-0.1, -0.05) is 6.92 Å². The Morgan fingerprint density at radius 3 is 2.67 bits per heavy atom. The average molecular weight is 267 g/mol. The third-order valence-electron chi connectivity index (χ3n) is 2.19. The van der Waals surface area contributed by atoms with Crippen LogP contribution in [0.1, 0.15) is 36.3 Å². The Hall–Kier alpha value is -1.36. The quantitative estimate of drug-likeness (QED) is 0.343. The molecule has 0 aliphatic rings. The summed E-state index contributed by atoms with van der Waals surface area (Å²) in [6, 6.07) is 3.50. The monoisotopic (exact) mass is 267 g/mol. The summed E-state index contributed by atoms with van der Waals surface area (Å²) in [4.78, 5) is 27.6. The van der Waals surface area contributed by atoms with E-state index < -0.39 is 5.97 Å². The number of nitrogens with zero attached hydrogens (tertiary/aromatic N) is 1. The van der Waals surface area contributed by atoms with Gasteiger partial charge in [-0.15, -0.1) is 11.8 Å². The fourth-order valence-electron chi connectivity index (χ4n) is 1.43. The number of ketones is 1. The lowest BCUT2D eigenvalue weighted by Crippen LogP contribution is -2.12. The summed E-state index contributed by atoms with van der Waals surface area (Å²) in [6.07, 6.45) is -0.226.